The number of hydrogen-bond donors (Lipinski definition) is 1. The van der Waals surface area contributed by atoms with Crippen LogP contribution in [-0.4, -0.2) is 20.5 Å². The van der Waals surface area contributed by atoms with E-state index < -0.39 is 0 Å². The maximum absolute atomic E-state index is 13.1. The Morgan fingerprint density at radius 3 is 2.66 bits per heavy atom. The minimum atomic E-state index is -0.221. The molecule has 0 fully saturated rings. The van der Waals surface area contributed by atoms with Gasteiger partial charge in [0.25, 0.3) is 5.91 Å². The molecule has 5 rings (SSSR count). The summed E-state index contributed by atoms with van der Waals surface area (Å²) in [5.41, 5.74) is 4.35. The Bertz CT molecular complexity index is 1380. The van der Waals surface area contributed by atoms with E-state index >= 15 is 0 Å². The third-order valence-electron chi connectivity index (χ3n) is 4.59. The van der Waals surface area contributed by atoms with Gasteiger partial charge in [-0.1, -0.05) is 52.5 Å². The van der Waals surface area contributed by atoms with Gasteiger partial charge in [0.1, 0.15) is 5.52 Å². The molecule has 3 aromatic carbocycles. The number of halogens is 1. The van der Waals surface area contributed by atoms with Crippen molar-refractivity contribution in [1.29, 1.82) is 0 Å². The lowest BCUT2D eigenvalue weighted by Crippen LogP contribution is -2.13. The second-order valence-corrected chi connectivity index (χ2v) is 7.65. The minimum absolute atomic E-state index is 0.221. The number of nitrogens with one attached hydrogen (secondary N) is 1. The Kier molecular flexibility index (Phi) is 4.42. The molecule has 29 heavy (non-hydrogen) atoms. The van der Waals surface area contributed by atoms with E-state index in [9.17, 15) is 4.79 Å². The van der Waals surface area contributed by atoms with Gasteiger partial charge in [-0.2, -0.15) is 0 Å². The zero-order valence-electron chi connectivity index (χ0n) is 15.0. The number of hydrogen-bond acceptors (Lipinski definition) is 5. The van der Waals surface area contributed by atoms with Crippen molar-refractivity contribution in [2.75, 3.05) is 5.32 Å². The van der Waals surface area contributed by atoms with Crippen molar-refractivity contribution >= 4 is 55.8 Å². The Labute approximate surface area is 175 Å². The van der Waals surface area contributed by atoms with Crippen LogP contribution in [0.5, 0.6) is 0 Å². The van der Waals surface area contributed by atoms with Crippen LogP contribution in [0.3, 0.4) is 0 Å². The van der Waals surface area contributed by atoms with Crippen LogP contribution in [0.2, 0.25) is 5.02 Å². The van der Waals surface area contributed by atoms with Crippen LogP contribution in [0.4, 0.5) is 5.69 Å². The molecule has 5 aromatic rings. The quantitative estimate of drug-likeness (QED) is 0.403. The largest absolute Gasteiger partial charge is 0.322 e. The van der Waals surface area contributed by atoms with Crippen molar-refractivity contribution in [1.82, 2.24) is 14.6 Å². The van der Waals surface area contributed by atoms with E-state index in [-0.39, 0.29) is 5.91 Å². The first-order valence-electron chi connectivity index (χ1n) is 8.87. The number of carbonyl (C=O) groups excluding carboxylic acids is 1. The normalized spacial score (nSPS) is 11.1. The fraction of sp³-hybridized carbons (Fsp3) is 0. The molecule has 2 aromatic heterocycles. The summed E-state index contributed by atoms with van der Waals surface area (Å²) in [7, 11) is 0. The van der Waals surface area contributed by atoms with Crippen LogP contribution < -0.4 is 5.32 Å². The van der Waals surface area contributed by atoms with Gasteiger partial charge in [-0.3, -0.25) is 4.79 Å². The monoisotopic (exact) mass is 416 g/mol. The first kappa shape index (κ1) is 17.7. The molecule has 140 valence electrons. The molecule has 0 aliphatic carbocycles. The lowest BCUT2D eigenvalue weighted by Gasteiger charge is -2.11. The van der Waals surface area contributed by atoms with E-state index in [0.29, 0.717) is 22.0 Å². The number of carbonyl (C=O) groups is 1. The minimum Gasteiger partial charge on any atom is -0.322 e. The molecule has 0 spiro atoms. The van der Waals surface area contributed by atoms with Gasteiger partial charge in [0, 0.05) is 21.7 Å². The summed E-state index contributed by atoms with van der Waals surface area (Å²) in [6.45, 7) is 0. The molecule has 5 nitrogen and oxygen atoms in total. The van der Waals surface area contributed by atoms with Gasteiger partial charge in [0.2, 0.25) is 0 Å². The number of aromatic nitrogens is 3. The first-order valence-corrected chi connectivity index (χ1v) is 10.0. The molecule has 0 aliphatic rings. The lowest BCUT2D eigenvalue weighted by atomic mass is 10.0. The molecule has 0 unspecified atom stereocenters. The van der Waals surface area contributed by atoms with Crippen LogP contribution in [0, 0.1) is 0 Å². The Morgan fingerprint density at radius 2 is 1.76 bits per heavy atom. The molecule has 0 saturated heterocycles. The number of amides is 1. The van der Waals surface area contributed by atoms with Gasteiger partial charge >= 0.3 is 0 Å². The summed E-state index contributed by atoms with van der Waals surface area (Å²) in [5.74, 6) is -0.221. The van der Waals surface area contributed by atoms with Crippen LogP contribution in [0.25, 0.3) is 32.4 Å². The molecule has 0 aliphatic heterocycles. The highest BCUT2D eigenvalue weighted by molar-refractivity contribution is 7.13. The highest BCUT2D eigenvalue weighted by Gasteiger charge is 2.16. The maximum Gasteiger partial charge on any atom is 0.256 e. The average molecular weight is 417 g/mol. The summed E-state index contributed by atoms with van der Waals surface area (Å²) in [6, 6.07) is 22.3. The van der Waals surface area contributed by atoms with Crippen molar-refractivity contribution in [3.05, 3.63) is 83.4 Å². The topological polar surface area (TPSA) is 67.8 Å². The number of fused-ring (bicyclic) bond motifs is 2. The fourth-order valence-corrected chi connectivity index (χ4v) is 4.15. The Morgan fingerprint density at radius 1 is 0.931 bits per heavy atom. The predicted octanol–water partition coefficient (Wildman–Crippen LogP) is 5.81. The van der Waals surface area contributed by atoms with Gasteiger partial charge in [0.15, 0.2) is 0 Å². The smallest absolute Gasteiger partial charge is 0.256 e. The van der Waals surface area contributed by atoms with Crippen molar-refractivity contribution < 1.29 is 4.79 Å². The zero-order chi connectivity index (χ0) is 19.8. The van der Waals surface area contributed by atoms with E-state index in [0.717, 1.165) is 26.7 Å². The molecule has 0 bridgehead atoms. The molecular weight excluding hydrogens is 404 g/mol. The van der Waals surface area contributed by atoms with Crippen LogP contribution in [0.1, 0.15) is 10.4 Å². The summed E-state index contributed by atoms with van der Waals surface area (Å²) < 4.78 is 4.98. The SMILES string of the molecule is O=C(Nc1cccc(Cl)c1)c1cc(-c2cccc3nnsc23)nc2ccccc12. The molecule has 7 heteroatoms. The predicted molar refractivity (Wildman–Crippen MR) is 118 cm³/mol. The van der Waals surface area contributed by atoms with E-state index in [2.05, 4.69) is 14.9 Å². The van der Waals surface area contributed by atoms with Gasteiger partial charge < -0.3 is 5.32 Å². The van der Waals surface area contributed by atoms with E-state index in [1.807, 2.05) is 48.5 Å². The molecule has 0 atom stereocenters. The van der Waals surface area contributed by atoms with Crippen LogP contribution in [-0.2, 0) is 0 Å². The number of benzene rings is 3. The molecule has 0 radical (unpaired) electrons. The lowest BCUT2D eigenvalue weighted by molar-refractivity contribution is 0.102. The van der Waals surface area contributed by atoms with E-state index in [4.69, 9.17) is 16.6 Å². The average Bonchev–Trinajstić information content (AvgIpc) is 3.22. The Balaban J connectivity index is 1.66. The fourth-order valence-electron chi connectivity index (χ4n) is 3.27. The molecular formula is C22H13ClN4OS. The molecule has 0 saturated carbocycles. The third kappa shape index (κ3) is 3.33. The Hall–Kier alpha value is -3.35. The van der Waals surface area contributed by atoms with Gasteiger partial charge in [-0.05, 0) is 47.9 Å². The van der Waals surface area contributed by atoms with E-state index in [1.165, 1.54) is 11.5 Å². The van der Waals surface area contributed by atoms with Gasteiger partial charge in [-0.15, -0.1) is 5.10 Å². The zero-order valence-corrected chi connectivity index (χ0v) is 16.5. The van der Waals surface area contributed by atoms with E-state index in [1.54, 1.807) is 24.3 Å². The highest BCUT2D eigenvalue weighted by atomic mass is 35.5. The number of pyridine rings is 1. The molecule has 1 amide bonds. The maximum atomic E-state index is 13.1. The number of para-hydroxylation sites is 1. The molecule has 1 N–H and O–H groups in total. The highest BCUT2D eigenvalue weighted by Crippen LogP contribution is 2.32. The second kappa shape index (κ2) is 7.24. The van der Waals surface area contributed by atoms with Crippen molar-refractivity contribution in [3.63, 3.8) is 0 Å². The number of nitrogens with zero attached hydrogens (tertiary/aromatic N) is 3. The van der Waals surface area contributed by atoms with Gasteiger partial charge in [-0.25, -0.2) is 4.98 Å². The van der Waals surface area contributed by atoms with Gasteiger partial charge in [0.05, 0.1) is 21.5 Å². The second-order valence-electron chi connectivity index (χ2n) is 6.46. The molecule has 2 heterocycles. The summed E-state index contributed by atoms with van der Waals surface area (Å²) in [6.07, 6.45) is 0. The number of rotatable bonds is 3. The van der Waals surface area contributed by atoms with Crippen molar-refractivity contribution in [2.45, 2.75) is 0 Å². The summed E-state index contributed by atoms with van der Waals surface area (Å²) in [5, 5.41) is 8.41. The summed E-state index contributed by atoms with van der Waals surface area (Å²) >= 11 is 7.36. The first-order chi connectivity index (χ1) is 14.2. The summed E-state index contributed by atoms with van der Waals surface area (Å²) in [4.78, 5) is 17.9. The van der Waals surface area contributed by atoms with Crippen LogP contribution in [0.15, 0.2) is 72.8 Å². The van der Waals surface area contributed by atoms with Crippen LogP contribution >= 0.6 is 23.1 Å². The van der Waals surface area contributed by atoms with Crippen molar-refractivity contribution in [3.8, 4) is 11.3 Å². The standard InChI is InChI=1S/C22H13ClN4OS/c23-13-5-3-6-14(11-13)24-22(28)17-12-20(25-18-9-2-1-7-15(17)18)16-8-4-10-19-21(16)29-27-26-19/h1-12H,(H,24,28). The number of anilines is 1. The third-order valence-corrected chi connectivity index (χ3v) is 5.60. The van der Waals surface area contributed by atoms with Crippen molar-refractivity contribution in [2.24, 2.45) is 0 Å².